The molecule has 26 heavy (non-hydrogen) atoms. The molecule has 1 amide bonds. The maximum atomic E-state index is 12.7. The molecule has 0 radical (unpaired) electrons. The molecule has 1 fully saturated rings. The van der Waals surface area contributed by atoms with E-state index in [9.17, 15) is 14.9 Å². The summed E-state index contributed by atoms with van der Waals surface area (Å²) >= 11 is 0. The number of amides is 1. The molecule has 0 unspecified atom stereocenters. The van der Waals surface area contributed by atoms with Crippen LogP contribution in [0.2, 0.25) is 0 Å². The molecule has 1 saturated heterocycles. The van der Waals surface area contributed by atoms with E-state index in [0.717, 1.165) is 18.7 Å². The molecule has 7 nitrogen and oxygen atoms in total. The predicted octanol–water partition coefficient (Wildman–Crippen LogP) is 2.40. The van der Waals surface area contributed by atoms with Gasteiger partial charge in [-0.05, 0) is 11.6 Å². The van der Waals surface area contributed by atoms with Crippen molar-refractivity contribution in [3.63, 3.8) is 0 Å². The van der Waals surface area contributed by atoms with Crippen LogP contribution in [-0.4, -0.2) is 48.6 Å². The van der Waals surface area contributed by atoms with E-state index in [4.69, 9.17) is 4.74 Å². The highest BCUT2D eigenvalue weighted by molar-refractivity contribution is 5.95. The minimum Gasteiger partial charge on any atom is -0.379 e. The first-order valence-corrected chi connectivity index (χ1v) is 8.54. The van der Waals surface area contributed by atoms with Gasteiger partial charge in [0.15, 0.2) is 0 Å². The highest BCUT2D eigenvalue weighted by Gasteiger charge is 2.21. The summed E-state index contributed by atoms with van der Waals surface area (Å²) in [5, 5.41) is 14.0. The van der Waals surface area contributed by atoms with E-state index in [1.54, 1.807) is 6.07 Å². The molecule has 1 aliphatic rings. The van der Waals surface area contributed by atoms with E-state index in [0.29, 0.717) is 19.8 Å². The Bertz CT molecular complexity index is 760. The number of carbonyl (C=O) groups is 1. The van der Waals surface area contributed by atoms with E-state index in [1.165, 1.54) is 18.2 Å². The van der Waals surface area contributed by atoms with Crippen molar-refractivity contribution in [3.05, 3.63) is 75.8 Å². The molecule has 136 valence electrons. The third kappa shape index (κ3) is 4.65. The molecule has 3 rings (SSSR count). The molecule has 2 aromatic carbocycles. The lowest BCUT2D eigenvalue weighted by Gasteiger charge is -2.31. The lowest BCUT2D eigenvalue weighted by atomic mass is 10.1. The molecule has 2 aromatic rings. The van der Waals surface area contributed by atoms with Gasteiger partial charge in [0, 0.05) is 37.3 Å². The largest absolute Gasteiger partial charge is 0.379 e. The van der Waals surface area contributed by atoms with Crippen LogP contribution in [0.5, 0.6) is 0 Å². The van der Waals surface area contributed by atoms with Crippen LogP contribution in [0, 0.1) is 10.1 Å². The fourth-order valence-electron chi connectivity index (χ4n) is 2.96. The maximum Gasteiger partial charge on any atom is 0.270 e. The number of nitro groups is 1. The molecular formula is C19H21N3O4. The average Bonchev–Trinajstić information content (AvgIpc) is 2.69. The second-order valence-corrected chi connectivity index (χ2v) is 6.16. The number of hydrogen-bond donors (Lipinski definition) is 1. The molecule has 0 bridgehead atoms. The Kier molecular flexibility index (Phi) is 5.93. The number of carbonyl (C=O) groups excluding carboxylic acids is 1. The molecule has 1 heterocycles. The van der Waals surface area contributed by atoms with Crippen LogP contribution in [0.25, 0.3) is 0 Å². The minimum atomic E-state index is -0.501. The Labute approximate surface area is 151 Å². The molecule has 0 saturated carbocycles. The average molecular weight is 355 g/mol. The number of ether oxygens (including phenoxy) is 1. The Morgan fingerprint density at radius 2 is 1.88 bits per heavy atom. The predicted molar refractivity (Wildman–Crippen MR) is 97.0 cm³/mol. The van der Waals surface area contributed by atoms with Gasteiger partial charge in [-0.25, -0.2) is 0 Å². The fourth-order valence-corrected chi connectivity index (χ4v) is 2.96. The Morgan fingerprint density at radius 1 is 1.15 bits per heavy atom. The van der Waals surface area contributed by atoms with Crippen molar-refractivity contribution >= 4 is 11.6 Å². The van der Waals surface area contributed by atoms with Crippen LogP contribution in [0.15, 0.2) is 54.6 Å². The van der Waals surface area contributed by atoms with Gasteiger partial charge < -0.3 is 10.1 Å². The van der Waals surface area contributed by atoms with Gasteiger partial charge >= 0.3 is 0 Å². The molecule has 1 atom stereocenters. The molecule has 0 aromatic heterocycles. The van der Waals surface area contributed by atoms with Crippen LogP contribution < -0.4 is 5.32 Å². The van der Waals surface area contributed by atoms with Gasteiger partial charge in [0.1, 0.15) is 0 Å². The van der Waals surface area contributed by atoms with E-state index in [-0.39, 0.29) is 23.2 Å². The smallest absolute Gasteiger partial charge is 0.270 e. The second-order valence-electron chi connectivity index (χ2n) is 6.16. The summed E-state index contributed by atoms with van der Waals surface area (Å²) < 4.78 is 5.38. The summed E-state index contributed by atoms with van der Waals surface area (Å²) in [6.07, 6.45) is 0. The highest BCUT2D eigenvalue weighted by Crippen LogP contribution is 2.18. The zero-order valence-electron chi connectivity index (χ0n) is 14.3. The number of hydrogen-bond acceptors (Lipinski definition) is 5. The summed E-state index contributed by atoms with van der Waals surface area (Å²) in [6.45, 7) is 3.65. The monoisotopic (exact) mass is 355 g/mol. The zero-order chi connectivity index (χ0) is 18.4. The quantitative estimate of drug-likeness (QED) is 0.635. The first-order valence-electron chi connectivity index (χ1n) is 8.54. The van der Waals surface area contributed by atoms with E-state index < -0.39 is 4.92 Å². The van der Waals surface area contributed by atoms with Crippen LogP contribution in [0.1, 0.15) is 22.0 Å². The Hall–Kier alpha value is -2.77. The van der Waals surface area contributed by atoms with Gasteiger partial charge in [0.2, 0.25) is 0 Å². The van der Waals surface area contributed by atoms with Crippen molar-refractivity contribution in [2.45, 2.75) is 6.04 Å². The van der Waals surface area contributed by atoms with Crippen LogP contribution in [-0.2, 0) is 4.74 Å². The number of benzene rings is 2. The van der Waals surface area contributed by atoms with Gasteiger partial charge in [-0.2, -0.15) is 0 Å². The lowest BCUT2D eigenvalue weighted by molar-refractivity contribution is -0.384. The van der Waals surface area contributed by atoms with Gasteiger partial charge in [0.05, 0.1) is 24.2 Å². The van der Waals surface area contributed by atoms with Crippen molar-refractivity contribution in [2.24, 2.45) is 0 Å². The first kappa shape index (κ1) is 18.0. The summed E-state index contributed by atoms with van der Waals surface area (Å²) in [4.78, 5) is 25.3. The topological polar surface area (TPSA) is 84.7 Å². The van der Waals surface area contributed by atoms with Crippen molar-refractivity contribution in [2.75, 3.05) is 32.8 Å². The normalized spacial score (nSPS) is 16.0. The molecular weight excluding hydrogens is 334 g/mol. The molecule has 0 aliphatic carbocycles. The molecule has 0 spiro atoms. The lowest BCUT2D eigenvalue weighted by Crippen LogP contribution is -2.43. The van der Waals surface area contributed by atoms with Crippen LogP contribution in [0.3, 0.4) is 0 Å². The van der Waals surface area contributed by atoms with Gasteiger partial charge in [-0.1, -0.05) is 36.4 Å². The van der Waals surface area contributed by atoms with E-state index in [1.807, 2.05) is 30.3 Å². The SMILES string of the molecule is O=C(N[C@@H](CN1CCOCC1)c1ccccc1)c1cccc([N+](=O)[O-])c1. The number of rotatable bonds is 6. The number of morpholine rings is 1. The van der Waals surface area contributed by atoms with Crippen molar-refractivity contribution in [1.29, 1.82) is 0 Å². The minimum absolute atomic E-state index is 0.0953. The number of nitrogens with zero attached hydrogens (tertiary/aromatic N) is 2. The highest BCUT2D eigenvalue weighted by atomic mass is 16.6. The van der Waals surface area contributed by atoms with Crippen LogP contribution in [0.4, 0.5) is 5.69 Å². The number of nitrogens with one attached hydrogen (secondary N) is 1. The summed E-state index contributed by atoms with van der Waals surface area (Å²) in [5.74, 6) is -0.323. The summed E-state index contributed by atoms with van der Waals surface area (Å²) in [7, 11) is 0. The van der Waals surface area contributed by atoms with Crippen molar-refractivity contribution in [3.8, 4) is 0 Å². The van der Waals surface area contributed by atoms with Crippen LogP contribution >= 0.6 is 0 Å². The zero-order valence-corrected chi connectivity index (χ0v) is 14.3. The summed E-state index contributed by atoms with van der Waals surface area (Å²) in [6, 6.07) is 15.3. The van der Waals surface area contributed by atoms with Crippen molar-refractivity contribution < 1.29 is 14.5 Å². The molecule has 1 aliphatic heterocycles. The van der Waals surface area contributed by atoms with Gasteiger partial charge in [-0.3, -0.25) is 19.8 Å². The van der Waals surface area contributed by atoms with Gasteiger partial charge in [0.25, 0.3) is 11.6 Å². The van der Waals surface area contributed by atoms with Crippen molar-refractivity contribution in [1.82, 2.24) is 10.2 Å². The third-order valence-corrected chi connectivity index (χ3v) is 4.37. The summed E-state index contributed by atoms with van der Waals surface area (Å²) in [5.41, 5.74) is 1.18. The Balaban J connectivity index is 1.77. The Morgan fingerprint density at radius 3 is 2.58 bits per heavy atom. The van der Waals surface area contributed by atoms with E-state index in [2.05, 4.69) is 10.2 Å². The van der Waals surface area contributed by atoms with E-state index >= 15 is 0 Å². The number of non-ortho nitro benzene ring substituents is 1. The maximum absolute atomic E-state index is 12.7. The molecule has 7 heteroatoms. The van der Waals surface area contributed by atoms with Gasteiger partial charge in [-0.15, -0.1) is 0 Å². The standard InChI is InChI=1S/C19H21N3O4/c23-19(16-7-4-8-17(13-16)22(24)25)20-18(15-5-2-1-3-6-15)14-21-9-11-26-12-10-21/h1-8,13,18H,9-12,14H2,(H,20,23)/t18-/m0/s1. The number of nitro benzene ring substituents is 1. The first-order chi connectivity index (χ1) is 12.6. The fraction of sp³-hybridized carbons (Fsp3) is 0.316. The third-order valence-electron chi connectivity index (χ3n) is 4.37. The second kappa shape index (κ2) is 8.55. The molecule has 1 N–H and O–H groups in total.